The molecule has 0 saturated heterocycles. The molecule has 0 aliphatic heterocycles. The summed E-state index contributed by atoms with van der Waals surface area (Å²) in [4.78, 5) is 4.18. The highest BCUT2D eigenvalue weighted by Crippen LogP contribution is 2.07. The Morgan fingerprint density at radius 2 is 1.74 bits per heavy atom. The summed E-state index contributed by atoms with van der Waals surface area (Å²) in [5.74, 6) is 1.42. The molecule has 0 fully saturated rings. The molecule has 0 atom stereocenters. The van der Waals surface area contributed by atoms with Crippen molar-refractivity contribution < 1.29 is 8.42 Å². The monoisotopic (exact) mass is 340 g/mol. The van der Waals surface area contributed by atoms with Gasteiger partial charge in [0.05, 0.1) is 5.75 Å². The summed E-state index contributed by atoms with van der Waals surface area (Å²) < 4.78 is 25.3. The molecule has 23 heavy (non-hydrogen) atoms. The highest BCUT2D eigenvalue weighted by atomic mass is 32.2. The minimum Gasteiger partial charge on any atom is -0.356 e. The van der Waals surface area contributed by atoms with Crippen LogP contribution in [0.4, 0.5) is 0 Å². The van der Waals surface area contributed by atoms with Crippen LogP contribution >= 0.6 is 0 Å². The van der Waals surface area contributed by atoms with Crippen LogP contribution in [0.3, 0.4) is 0 Å². The third-order valence-electron chi connectivity index (χ3n) is 3.39. The first-order valence-corrected chi connectivity index (χ1v) is 9.45. The maximum Gasteiger partial charge on any atom is 0.215 e. The van der Waals surface area contributed by atoms with Gasteiger partial charge in [0.1, 0.15) is 0 Å². The lowest BCUT2D eigenvalue weighted by Crippen LogP contribution is -2.37. The van der Waals surface area contributed by atoms with Crippen molar-refractivity contribution in [1.29, 1.82) is 0 Å². The van der Waals surface area contributed by atoms with Crippen molar-refractivity contribution in [1.82, 2.24) is 15.4 Å². The lowest BCUT2D eigenvalue weighted by atomic mass is 10.1. The minimum atomic E-state index is -3.23. The Labute approximate surface area is 139 Å². The van der Waals surface area contributed by atoms with Crippen LogP contribution in [-0.4, -0.2) is 35.0 Å². The quantitative estimate of drug-likeness (QED) is 0.494. The number of aliphatic imine (C=N–C) groups is 1. The van der Waals surface area contributed by atoms with Gasteiger partial charge in [-0.25, -0.2) is 13.1 Å². The maximum absolute atomic E-state index is 11.5. The van der Waals surface area contributed by atoms with Gasteiger partial charge < -0.3 is 10.6 Å². The fraction of sp³-hybridized carbons (Fsp3) is 0.562. The zero-order chi connectivity index (χ0) is 17.3. The highest BCUT2D eigenvalue weighted by molar-refractivity contribution is 7.88. The molecule has 0 aliphatic carbocycles. The van der Waals surface area contributed by atoms with E-state index in [0.29, 0.717) is 12.5 Å². The Bertz CT molecular complexity index is 595. The first-order chi connectivity index (χ1) is 10.9. The molecule has 6 nitrogen and oxygen atoms in total. The number of rotatable bonds is 8. The fourth-order valence-corrected chi connectivity index (χ4v) is 2.71. The molecule has 0 radical (unpaired) electrons. The molecule has 0 unspecified atom stereocenters. The molecule has 1 aromatic carbocycles. The first-order valence-electron chi connectivity index (χ1n) is 7.80. The van der Waals surface area contributed by atoms with Gasteiger partial charge in [0.2, 0.25) is 10.0 Å². The molecule has 0 heterocycles. The Balaban J connectivity index is 2.48. The van der Waals surface area contributed by atoms with Crippen molar-refractivity contribution in [2.45, 2.75) is 32.6 Å². The van der Waals surface area contributed by atoms with Gasteiger partial charge in [-0.3, -0.25) is 4.99 Å². The van der Waals surface area contributed by atoms with E-state index in [1.807, 2.05) is 24.3 Å². The van der Waals surface area contributed by atoms with Gasteiger partial charge in [-0.15, -0.1) is 0 Å². The lowest BCUT2D eigenvalue weighted by molar-refractivity contribution is 0.573. The summed E-state index contributed by atoms with van der Waals surface area (Å²) >= 11 is 0. The highest BCUT2D eigenvalue weighted by Gasteiger charge is 2.08. The van der Waals surface area contributed by atoms with E-state index in [2.05, 4.69) is 34.2 Å². The Hall–Kier alpha value is -1.60. The summed E-state index contributed by atoms with van der Waals surface area (Å²) in [5.41, 5.74) is 1.84. The number of nitrogens with zero attached hydrogens (tertiary/aromatic N) is 1. The topological polar surface area (TPSA) is 82.6 Å². The van der Waals surface area contributed by atoms with Crippen molar-refractivity contribution in [2.24, 2.45) is 10.9 Å². The second-order valence-electron chi connectivity index (χ2n) is 5.81. The largest absolute Gasteiger partial charge is 0.356 e. The van der Waals surface area contributed by atoms with Crippen LogP contribution in [0.5, 0.6) is 0 Å². The molecule has 7 heteroatoms. The van der Waals surface area contributed by atoms with Gasteiger partial charge >= 0.3 is 0 Å². The van der Waals surface area contributed by atoms with E-state index in [1.165, 1.54) is 7.05 Å². The first kappa shape index (κ1) is 19.4. The summed E-state index contributed by atoms with van der Waals surface area (Å²) in [5, 5.41) is 6.52. The molecule has 0 spiro atoms. The third-order valence-corrected chi connectivity index (χ3v) is 4.72. The molecule has 0 amide bonds. The Morgan fingerprint density at radius 1 is 1.13 bits per heavy atom. The lowest BCUT2D eigenvalue weighted by Gasteiger charge is -2.13. The molecule has 130 valence electrons. The van der Waals surface area contributed by atoms with Gasteiger partial charge in [0.25, 0.3) is 0 Å². The van der Waals surface area contributed by atoms with Crippen molar-refractivity contribution in [3.8, 4) is 0 Å². The summed E-state index contributed by atoms with van der Waals surface area (Å²) in [6, 6.07) is 7.52. The summed E-state index contributed by atoms with van der Waals surface area (Å²) in [7, 11) is -0.0586. The number of benzene rings is 1. The molecule has 1 aromatic rings. The normalized spacial score (nSPS) is 12.5. The van der Waals surface area contributed by atoms with Crippen LogP contribution < -0.4 is 15.4 Å². The average Bonchev–Trinajstić information content (AvgIpc) is 2.51. The summed E-state index contributed by atoms with van der Waals surface area (Å²) in [6.07, 6.45) is 1.09. The van der Waals surface area contributed by atoms with E-state index < -0.39 is 10.0 Å². The molecular weight excluding hydrogens is 312 g/mol. The van der Waals surface area contributed by atoms with Gasteiger partial charge in [0.15, 0.2) is 5.96 Å². The maximum atomic E-state index is 11.5. The number of nitrogens with one attached hydrogen (secondary N) is 3. The predicted molar refractivity (Wildman–Crippen MR) is 95.8 cm³/mol. The van der Waals surface area contributed by atoms with Gasteiger partial charge in [-0.2, -0.15) is 0 Å². The second-order valence-corrected chi connectivity index (χ2v) is 7.74. The third kappa shape index (κ3) is 7.99. The van der Waals surface area contributed by atoms with Crippen molar-refractivity contribution >= 4 is 16.0 Å². The van der Waals surface area contributed by atoms with E-state index in [9.17, 15) is 8.42 Å². The van der Waals surface area contributed by atoms with Gasteiger partial charge in [0, 0.05) is 20.1 Å². The zero-order valence-corrected chi connectivity index (χ0v) is 15.2. The van der Waals surface area contributed by atoms with Crippen molar-refractivity contribution in [3.05, 3.63) is 35.4 Å². The number of guanidine groups is 1. The SMILES string of the molecule is CN=C(NCCC(C)C)NCc1ccc(CS(=O)(=O)NC)cc1. The molecular formula is C16H28N4O2S. The van der Waals surface area contributed by atoms with Gasteiger partial charge in [-0.05, 0) is 30.5 Å². The van der Waals surface area contributed by atoms with Crippen LogP contribution in [0.1, 0.15) is 31.4 Å². The van der Waals surface area contributed by atoms with Crippen LogP contribution in [0, 0.1) is 5.92 Å². The van der Waals surface area contributed by atoms with E-state index in [1.54, 1.807) is 7.05 Å². The van der Waals surface area contributed by atoms with E-state index in [0.717, 1.165) is 30.1 Å². The predicted octanol–water partition coefficient (Wildman–Crippen LogP) is 1.45. The van der Waals surface area contributed by atoms with Crippen molar-refractivity contribution in [2.75, 3.05) is 20.6 Å². The molecule has 0 aromatic heterocycles. The average molecular weight is 340 g/mol. The van der Waals surface area contributed by atoms with Crippen LogP contribution in [0.15, 0.2) is 29.3 Å². The number of hydrogen-bond donors (Lipinski definition) is 3. The van der Waals surface area contributed by atoms with Crippen molar-refractivity contribution in [3.63, 3.8) is 0 Å². The molecule has 3 N–H and O–H groups in total. The minimum absolute atomic E-state index is 0.00433. The van der Waals surface area contributed by atoms with Crippen LogP contribution in [0.2, 0.25) is 0 Å². The standard InChI is InChI=1S/C16H28N4O2S/c1-13(2)9-10-19-16(17-3)20-11-14-5-7-15(8-6-14)12-23(21,22)18-4/h5-8,13,18H,9-12H2,1-4H3,(H2,17,19,20). The van der Waals surface area contributed by atoms with Crippen LogP contribution in [-0.2, 0) is 22.3 Å². The van der Waals surface area contributed by atoms with Gasteiger partial charge in [-0.1, -0.05) is 38.1 Å². The molecule has 0 saturated carbocycles. The van der Waals surface area contributed by atoms with E-state index in [-0.39, 0.29) is 5.75 Å². The van der Waals surface area contributed by atoms with E-state index >= 15 is 0 Å². The summed E-state index contributed by atoms with van der Waals surface area (Å²) in [6.45, 7) is 5.90. The van der Waals surface area contributed by atoms with Crippen LogP contribution in [0.25, 0.3) is 0 Å². The number of hydrogen-bond acceptors (Lipinski definition) is 3. The second kappa shape index (κ2) is 9.52. The zero-order valence-electron chi connectivity index (χ0n) is 14.4. The fourth-order valence-electron chi connectivity index (χ4n) is 1.93. The smallest absolute Gasteiger partial charge is 0.215 e. The molecule has 0 aliphatic rings. The number of sulfonamides is 1. The molecule has 1 rings (SSSR count). The Kier molecular flexibility index (Phi) is 8.05. The van der Waals surface area contributed by atoms with E-state index in [4.69, 9.17) is 0 Å². The Morgan fingerprint density at radius 3 is 2.26 bits per heavy atom. The molecule has 0 bridgehead atoms.